The Balaban J connectivity index is 1.87. The molecular weight excluding hydrogens is 264 g/mol. The molecule has 0 fully saturated rings. The monoisotopic (exact) mass is 282 g/mol. The Hall–Kier alpha value is -2.69. The van der Waals surface area contributed by atoms with E-state index in [1.165, 1.54) is 0 Å². The Morgan fingerprint density at radius 1 is 1.33 bits per heavy atom. The quantitative estimate of drug-likeness (QED) is 0.653. The summed E-state index contributed by atoms with van der Waals surface area (Å²) in [5.74, 6) is -0.198. The van der Waals surface area contributed by atoms with Gasteiger partial charge in [0.25, 0.3) is 5.91 Å². The Labute approximate surface area is 124 Å². The molecule has 21 heavy (non-hydrogen) atoms. The van der Waals surface area contributed by atoms with Gasteiger partial charge in [0.1, 0.15) is 6.04 Å². The summed E-state index contributed by atoms with van der Waals surface area (Å²) < 4.78 is 0. The largest absolute Gasteiger partial charge is 0.374 e. The number of pyridine rings is 1. The molecule has 1 amide bonds. The van der Waals surface area contributed by atoms with Crippen LogP contribution in [0.3, 0.4) is 0 Å². The number of amides is 1. The fourth-order valence-corrected chi connectivity index (χ4v) is 1.77. The van der Waals surface area contributed by atoms with E-state index in [2.05, 4.69) is 20.8 Å². The van der Waals surface area contributed by atoms with Crippen LogP contribution in [0.5, 0.6) is 0 Å². The summed E-state index contributed by atoms with van der Waals surface area (Å²) >= 11 is 0. The molecule has 0 aliphatic heterocycles. The lowest BCUT2D eigenvalue weighted by molar-refractivity contribution is -0.121. The zero-order valence-corrected chi connectivity index (χ0v) is 12.1. The second-order valence-corrected chi connectivity index (χ2v) is 4.76. The number of anilines is 1. The van der Waals surface area contributed by atoms with Crippen LogP contribution in [0.15, 0.2) is 53.9 Å². The normalized spacial score (nSPS) is 12.1. The van der Waals surface area contributed by atoms with Gasteiger partial charge in [-0.3, -0.25) is 9.78 Å². The third-order valence-corrected chi connectivity index (χ3v) is 2.87. The van der Waals surface area contributed by atoms with Gasteiger partial charge in [0, 0.05) is 23.6 Å². The van der Waals surface area contributed by atoms with Crippen molar-refractivity contribution >= 4 is 17.8 Å². The first-order chi connectivity index (χ1) is 10.1. The lowest BCUT2D eigenvalue weighted by atomic mass is 10.2. The van der Waals surface area contributed by atoms with E-state index in [1.807, 2.05) is 43.3 Å². The smallest absolute Gasteiger partial charge is 0.262 e. The summed E-state index contributed by atoms with van der Waals surface area (Å²) in [7, 11) is 0. The van der Waals surface area contributed by atoms with Gasteiger partial charge in [-0.25, -0.2) is 5.43 Å². The Bertz CT molecular complexity index is 625. The van der Waals surface area contributed by atoms with Crippen LogP contribution < -0.4 is 10.7 Å². The third-order valence-electron chi connectivity index (χ3n) is 2.87. The molecular formula is C16H18N4O. The SMILES string of the molecule is Cc1cccc(N[C@H](C)C(=O)N/N=C\c2cccnc2)c1. The number of aromatic nitrogens is 1. The predicted octanol–water partition coefficient (Wildman–Crippen LogP) is 2.34. The van der Waals surface area contributed by atoms with E-state index in [9.17, 15) is 4.79 Å². The highest BCUT2D eigenvalue weighted by Gasteiger charge is 2.11. The maximum atomic E-state index is 11.9. The van der Waals surface area contributed by atoms with E-state index in [0.29, 0.717) is 0 Å². The zero-order chi connectivity index (χ0) is 15.1. The minimum Gasteiger partial charge on any atom is -0.374 e. The molecule has 2 aromatic rings. The first-order valence-corrected chi connectivity index (χ1v) is 6.71. The summed E-state index contributed by atoms with van der Waals surface area (Å²) in [6.07, 6.45) is 4.91. The Kier molecular flexibility index (Phi) is 5.04. The Morgan fingerprint density at radius 3 is 2.90 bits per heavy atom. The maximum absolute atomic E-state index is 11.9. The van der Waals surface area contributed by atoms with Crippen molar-refractivity contribution in [1.82, 2.24) is 10.4 Å². The summed E-state index contributed by atoms with van der Waals surface area (Å²) in [4.78, 5) is 15.9. The van der Waals surface area contributed by atoms with Gasteiger partial charge in [0.2, 0.25) is 0 Å². The van der Waals surface area contributed by atoms with Crippen molar-refractivity contribution in [2.24, 2.45) is 5.10 Å². The summed E-state index contributed by atoms with van der Waals surface area (Å²) in [5, 5.41) is 7.05. The average molecular weight is 282 g/mol. The van der Waals surface area contributed by atoms with Gasteiger partial charge < -0.3 is 5.32 Å². The first-order valence-electron chi connectivity index (χ1n) is 6.71. The molecule has 5 nitrogen and oxygen atoms in total. The van der Waals surface area contributed by atoms with Crippen LogP contribution in [0.25, 0.3) is 0 Å². The number of hydrogen-bond acceptors (Lipinski definition) is 4. The highest BCUT2D eigenvalue weighted by atomic mass is 16.2. The van der Waals surface area contributed by atoms with Gasteiger partial charge in [-0.15, -0.1) is 0 Å². The summed E-state index contributed by atoms with van der Waals surface area (Å²) in [6.45, 7) is 3.80. The van der Waals surface area contributed by atoms with E-state index in [-0.39, 0.29) is 11.9 Å². The van der Waals surface area contributed by atoms with Gasteiger partial charge in [0.15, 0.2) is 0 Å². The number of hydrogen-bond donors (Lipinski definition) is 2. The minimum atomic E-state index is -0.377. The van der Waals surface area contributed by atoms with E-state index in [0.717, 1.165) is 16.8 Å². The van der Waals surface area contributed by atoms with E-state index in [1.54, 1.807) is 25.5 Å². The molecule has 1 aromatic heterocycles. The fourth-order valence-electron chi connectivity index (χ4n) is 1.77. The van der Waals surface area contributed by atoms with Crippen LogP contribution in [0.1, 0.15) is 18.1 Å². The zero-order valence-electron chi connectivity index (χ0n) is 12.1. The van der Waals surface area contributed by atoms with Gasteiger partial charge >= 0.3 is 0 Å². The van der Waals surface area contributed by atoms with Crippen LogP contribution >= 0.6 is 0 Å². The molecule has 0 radical (unpaired) electrons. The molecule has 0 bridgehead atoms. The number of aryl methyl sites for hydroxylation is 1. The third kappa shape index (κ3) is 4.72. The molecule has 1 heterocycles. The maximum Gasteiger partial charge on any atom is 0.262 e. The molecule has 0 saturated carbocycles. The molecule has 1 atom stereocenters. The number of carbonyl (C=O) groups is 1. The number of nitrogens with zero attached hydrogens (tertiary/aromatic N) is 2. The van der Waals surface area contributed by atoms with E-state index in [4.69, 9.17) is 0 Å². The minimum absolute atomic E-state index is 0.198. The summed E-state index contributed by atoms with van der Waals surface area (Å²) in [6, 6.07) is 11.2. The first kappa shape index (κ1) is 14.7. The van der Waals surface area contributed by atoms with Crippen molar-refractivity contribution in [2.75, 3.05) is 5.32 Å². The van der Waals surface area contributed by atoms with Crippen molar-refractivity contribution in [1.29, 1.82) is 0 Å². The number of rotatable bonds is 5. The number of benzene rings is 1. The van der Waals surface area contributed by atoms with Crippen molar-refractivity contribution < 1.29 is 4.79 Å². The van der Waals surface area contributed by atoms with Gasteiger partial charge in [-0.2, -0.15) is 5.10 Å². The van der Waals surface area contributed by atoms with Crippen LogP contribution in [-0.4, -0.2) is 23.1 Å². The summed E-state index contributed by atoms with van der Waals surface area (Å²) in [5.41, 5.74) is 5.39. The van der Waals surface area contributed by atoms with Gasteiger partial charge in [-0.1, -0.05) is 18.2 Å². The molecule has 0 aliphatic carbocycles. The van der Waals surface area contributed by atoms with Crippen molar-refractivity contribution in [3.8, 4) is 0 Å². The fraction of sp³-hybridized carbons (Fsp3) is 0.188. The standard InChI is InChI=1S/C16H18N4O/c1-12-5-3-7-15(9-12)19-13(2)16(21)20-18-11-14-6-4-8-17-10-14/h3-11,13,19H,1-2H3,(H,20,21)/b18-11-/t13-/m1/s1. The molecule has 2 N–H and O–H groups in total. The van der Waals surface area contributed by atoms with E-state index >= 15 is 0 Å². The molecule has 0 unspecified atom stereocenters. The molecule has 0 spiro atoms. The number of carbonyl (C=O) groups excluding carboxylic acids is 1. The highest BCUT2D eigenvalue weighted by molar-refractivity contribution is 5.86. The number of nitrogens with one attached hydrogen (secondary N) is 2. The second kappa shape index (κ2) is 7.19. The van der Waals surface area contributed by atoms with Crippen molar-refractivity contribution in [2.45, 2.75) is 19.9 Å². The van der Waals surface area contributed by atoms with Crippen LogP contribution in [0.2, 0.25) is 0 Å². The highest BCUT2D eigenvalue weighted by Crippen LogP contribution is 2.10. The van der Waals surface area contributed by atoms with Crippen LogP contribution in [0.4, 0.5) is 5.69 Å². The molecule has 0 saturated heterocycles. The van der Waals surface area contributed by atoms with Crippen molar-refractivity contribution in [3.63, 3.8) is 0 Å². The van der Waals surface area contributed by atoms with Gasteiger partial charge in [0.05, 0.1) is 6.21 Å². The predicted molar refractivity (Wildman–Crippen MR) is 84.2 cm³/mol. The Morgan fingerprint density at radius 2 is 2.19 bits per heavy atom. The molecule has 1 aromatic carbocycles. The molecule has 2 rings (SSSR count). The lowest BCUT2D eigenvalue weighted by Gasteiger charge is -2.13. The molecule has 5 heteroatoms. The van der Waals surface area contributed by atoms with Crippen molar-refractivity contribution in [3.05, 3.63) is 59.9 Å². The van der Waals surface area contributed by atoms with Gasteiger partial charge in [-0.05, 0) is 37.6 Å². The topological polar surface area (TPSA) is 66.4 Å². The van der Waals surface area contributed by atoms with E-state index < -0.39 is 0 Å². The van der Waals surface area contributed by atoms with Crippen LogP contribution in [-0.2, 0) is 4.79 Å². The van der Waals surface area contributed by atoms with Crippen LogP contribution in [0, 0.1) is 6.92 Å². The number of hydrazone groups is 1. The second-order valence-electron chi connectivity index (χ2n) is 4.76. The molecule has 0 aliphatic rings. The average Bonchev–Trinajstić information content (AvgIpc) is 2.48. The lowest BCUT2D eigenvalue weighted by Crippen LogP contribution is -2.34. The molecule has 108 valence electrons.